The minimum Gasteiger partial charge on any atom is -0.399 e. The van der Waals surface area contributed by atoms with Crippen LogP contribution in [0.25, 0.3) is 0 Å². The molecular weight excluding hydrogens is 229 g/mol. The molecule has 1 saturated carbocycles. The molecule has 1 unspecified atom stereocenters. The van der Waals surface area contributed by atoms with Gasteiger partial charge in [0.05, 0.1) is 0 Å². The lowest BCUT2D eigenvalue weighted by molar-refractivity contribution is 0.317. The number of halogens is 1. The highest BCUT2D eigenvalue weighted by atomic mass is 19.1. The molecule has 2 fully saturated rings. The topological polar surface area (TPSA) is 41.3 Å². The second-order valence-corrected chi connectivity index (χ2v) is 5.44. The lowest BCUT2D eigenvalue weighted by Crippen LogP contribution is -2.33. The molecule has 3 rings (SSSR count). The van der Waals surface area contributed by atoms with Gasteiger partial charge in [0.2, 0.25) is 0 Å². The fourth-order valence-electron chi connectivity index (χ4n) is 2.69. The molecule has 1 heterocycles. The summed E-state index contributed by atoms with van der Waals surface area (Å²) >= 11 is 0. The van der Waals surface area contributed by atoms with Crippen LogP contribution < -0.4 is 11.1 Å². The smallest absolute Gasteiger partial charge is 0.129 e. The maximum Gasteiger partial charge on any atom is 0.129 e. The monoisotopic (exact) mass is 249 g/mol. The average Bonchev–Trinajstić information content (AvgIpc) is 3.08. The molecule has 0 bridgehead atoms. The van der Waals surface area contributed by atoms with Crippen molar-refractivity contribution in [3.63, 3.8) is 0 Å². The zero-order valence-corrected chi connectivity index (χ0v) is 10.5. The summed E-state index contributed by atoms with van der Waals surface area (Å²) in [6.45, 7) is 2.89. The van der Waals surface area contributed by atoms with E-state index in [1.165, 1.54) is 31.9 Å². The minimum atomic E-state index is -0.209. The van der Waals surface area contributed by atoms with Crippen molar-refractivity contribution in [3.05, 3.63) is 29.6 Å². The fraction of sp³-hybridized carbons (Fsp3) is 0.571. The van der Waals surface area contributed by atoms with Crippen LogP contribution >= 0.6 is 0 Å². The van der Waals surface area contributed by atoms with Crippen LogP contribution in [0.2, 0.25) is 0 Å². The van der Waals surface area contributed by atoms with Gasteiger partial charge in [-0.3, -0.25) is 4.90 Å². The van der Waals surface area contributed by atoms with Gasteiger partial charge in [0.1, 0.15) is 5.82 Å². The van der Waals surface area contributed by atoms with E-state index < -0.39 is 0 Å². The Morgan fingerprint density at radius 2 is 2.17 bits per heavy atom. The van der Waals surface area contributed by atoms with Crippen molar-refractivity contribution in [2.75, 3.05) is 18.8 Å². The van der Waals surface area contributed by atoms with E-state index in [-0.39, 0.29) is 5.82 Å². The number of likely N-dealkylation sites (tertiary alicyclic amines) is 1. The predicted octanol–water partition coefficient (Wildman–Crippen LogP) is 1.73. The molecule has 1 aromatic rings. The van der Waals surface area contributed by atoms with Crippen LogP contribution in [0, 0.1) is 5.82 Å². The summed E-state index contributed by atoms with van der Waals surface area (Å²) in [5.41, 5.74) is 6.72. The summed E-state index contributed by atoms with van der Waals surface area (Å²) in [6, 6.07) is 6.26. The van der Waals surface area contributed by atoms with Gasteiger partial charge in [0, 0.05) is 43.0 Å². The molecule has 98 valence electrons. The van der Waals surface area contributed by atoms with Crippen molar-refractivity contribution in [2.45, 2.75) is 37.9 Å². The second kappa shape index (κ2) is 4.86. The number of rotatable bonds is 4. The fourth-order valence-corrected chi connectivity index (χ4v) is 2.69. The quantitative estimate of drug-likeness (QED) is 0.799. The molecule has 4 heteroatoms. The van der Waals surface area contributed by atoms with Gasteiger partial charge < -0.3 is 11.1 Å². The SMILES string of the molecule is Nc1ccc(CNC2CCN(C3CC3)C2)c(F)c1. The molecule has 1 aliphatic carbocycles. The maximum absolute atomic E-state index is 13.6. The molecule has 1 atom stereocenters. The number of nitrogens with one attached hydrogen (secondary N) is 1. The Morgan fingerprint density at radius 1 is 1.33 bits per heavy atom. The number of nitrogens with zero attached hydrogens (tertiary/aromatic N) is 1. The Bertz CT molecular complexity index is 431. The molecule has 0 spiro atoms. The molecule has 18 heavy (non-hydrogen) atoms. The summed E-state index contributed by atoms with van der Waals surface area (Å²) in [5.74, 6) is -0.209. The highest BCUT2D eigenvalue weighted by Crippen LogP contribution is 2.29. The number of nitrogens with two attached hydrogens (primary N) is 1. The molecule has 0 aromatic heterocycles. The number of hydrogen-bond acceptors (Lipinski definition) is 3. The Balaban J connectivity index is 1.51. The Labute approximate surface area is 107 Å². The van der Waals surface area contributed by atoms with Crippen LogP contribution in [0.1, 0.15) is 24.8 Å². The lowest BCUT2D eigenvalue weighted by Gasteiger charge is -2.16. The van der Waals surface area contributed by atoms with Gasteiger partial charge >= 0.3 is 0 Å². The molecule has 3 N–H and O–H groups in total. The van der Waals surface area contributed by atoms with Crippen LogP contribution in [0.3, 0.4) is 0 Å². The second-order valence-electron chi connectivity index (χ2n) is 5.44. The first-order valence-electron chi connectivity index (χ1n) is 6.74. The molecule has 0 radical (unpaired) electrons. The van der Waals surface area contributed by atoms with Crippen molar-refractivity contribution < 1.29 is 4.39 Å². The Kier molecular flexibility index (Phi) is 3.22. The van der Waals surface area contributed by atoms with Crippen molar-refractivity contribution in [3.8, 4) is 0 Å². The summed E-state index contributed by atoms with van der Waals surface area (Å²) in [4.78, 5) is 2.55. The number of nitrogen functional groups attached to an aromatic ring is 1. The van der Waals surface area contributed by atoms with Gasteiger partial charge in [0.15, 0.2) is 0 Å². The van der Waals surface area contributed by atoms with Crippen LogP contribution in [-0.2, 0) is 6.54 Å². The first-order valence-corrected chi connectivity index (χ1v) is 6.74. The van der Waals surface area contributed by atoms with Crippen molar-refractivity contribution in [1.82, 2.24) is 10.2 Å². The predicted molar refractivity (Wildman–Crippen MR) is 70.7 cm³/mol. The highest BCUT2D eigenvalue weighted by Gasteiger charge is 2.34. The summed E-state index contributed by atoms with van der Waals surface area (Å²) in [6.07, 6.45) is 3.89. The largest absolute Gasteiger partial charge is 0.399 e. The number of anilines is 1. The number of hydrogen-bond donors (Lipinski definition) is 2. The standard InChI is InChI=1S/C14H20FN3/c15-14-7-11(16)2-1-10(14)8-17-12-5-6-18(9-12)13-3-4-13/h1-2,7,12-13,17H,3-6,8-9,16H2. The first kappa shape index (κ1) is 11.9. The number of benzene rings is 1. The van der Waals surface area contributed by atoms with Gasteiger partial charge in [-0.2, -0.15) is 0 Å². The van der Waals surface area contributed by atoms with E-state index in [0.29, 0.717) is 23.8 Å². The van der Waals surface area contributed by atoms with E-state index >= 15 is 0 Å². The van der Waals surface area contributed by atoms with Crippen LogP contribution in [0.15, 0.2) is 18.2 Å². The normalized spacial score (nSPS) is 24.6. The molecular formula is C14H20FN3. The third-order valence-corrected chi connectivity index (χ3v) is 3.94. The van der Waals surface area contributed by atoms with Gasteiger partial charge in [-0.25, -0.2) is 4.39 Å². The van der Waals surface area contributed by atoms with E-state index in [9.17, 15) is 4.39 Å². The first-order chi connectivity index (χ1) is 8.72. The summed E-state index contributed by atoms with van der Waals surface area (Å²) in [5, 5.41) is 3.45. The summed E-state index contributed by atoms with van der Waals surface area (Å²) in [7, 11) is 0. The lowest BCUT2D eigenvalue weighted by atomic mass is 10.1. The molecule has 1 aliphatic heterocycles. The summed E-state index contributed by atoms with van der Waals surface area (Å²) < 4.78 is 13.6. The van der Waals surface area contributed by atoms with Crippen LogP contribution in [-0.4, -0.2) is 30.1 Å². The van der Waals surface area contributed by atoms with E-state index in [2.05, 4.69) is 10.2 Å². The molecule has 2 aliphatic rings. The van der Waals surface area contributed by atoms with Gasteiger partial charge in [-0.05, 0) is 31.4 Å². The van der Waals surface area contributed by atoms with Crippen LogP contribution in [0.4, 0.5) is 10.1 Å². The third kappa shape index (κ3) is 2.65. The van der Waals surface area contributed by atoms with E-state index in [1.54, 1.807) is 12.1 Å². The van der Waals surface area contributed by atoms with E-state index in [1.807, 2.05) is 0 Å². The van der Waals surface area contributed by atoms with Crippen molar-refractivity contribution in [2.24, 2.45) is 0 Å². The maximum atomic E-state index is 13.6. The van der Waals surface area contributed by atoms with Crippen molar-refractivity contribution >= 4 is 5.69 Å². The Morgan fingerprint density at radius 3 is 2.89 bits per heavy atom. The Hall–Kier alpha value is -1.13. The van der Waals surface area contributed by atoms with Gasteiger partial charge in [0.25, 0.3) is 0 Å². The van der Waals surface area contributed by atoms with Gasteiger partial charge in [-0.15, -0.1) is 0 Å². The molecule has 3 nitrogen and oxygen atoms in total. The van der Waals surface area contributed by atoms with Crippen LogP contribution in [0.5, 0.6) is 0 Å². The van der Waals surface area contributed by atoms with Crippen molar-refractivity contribution in [1.29, 1.82) is 0 Å². The molecule has 0 amide bonds. The molecule has 1 saturated heterocycles. The third-order valence-electron chi connectivity index (χ3n) is 3.94. The highest BCUT2D eigenvalue weighted by molar-refractivity contribution is 5.40. The van der Waals surface area contributed by atoms with Gasteiger partial charge in [-0.1, -0.05) is 6.07 Å². The minimum absolute atomic E-state index is 0.209. The molecule has 1 aromatic carbocycles. The average molecular weight is 249 g/mol. The van der Waals surface area contributed by atoms with E-state index in [0.717, 1.165) is 12.6 Å². The van der Waals surface area contributed by atoms with E-state index in [4.69, 9.17) is 5.73 Å². The zero-order valence-electron chi connectivity index (χ0n) is 10.5. The zero-order chi connectivity index (χ0) is 12.5.